The summed E-state index contributed by atoms with van der Waals surface area (Å²) in [6, 6.07) is 29.6. The zero-order valence-electron chi connectivity index (χ0n) is 38.3. The minimum atomic E-state index is -1.49. The van der Waals surface area contributed by atoms with Gasteiger partial charge in [0.2, 0.25) is 5.79 Å². The first-order chi connectivity index (χ1) is 33.1. The first-order valence-corrected chi connectivity index (χ1v) is 23.1. The molecule has 8 rings (SSSR count). The van der Waals surface area contributed by atoms with Gasteiger partial charge in [0.25, 0.3) is 11.6 Å². The summed E-state index contributed by atoms with van der Waals surface area (Å²) in [5.74, 6) is -0.769. The van der Waals surface area contributed by atoms with Crippen molar-refractivity contribution in [2.75, 3.05) is 34.0 Å². The molecule has 5 aromatic carbocycles. The van der Waals surface area contributed by atoms with Crippen molar-refractivity contribution in [1.29, 1.82) is 0 Å². The van der Waals surface area contributed by atoms with Gasteiger partial charge in [-0.2, -0.15) is 0 Å². The molecule has 5 aromatic rings. The number of non-ortho nitro benzene ring substituents is 1. The summed E-state index contributed by atoms with van der Waals surface area (Å²) in [5.41, 5.74) is 3.77. The second kappa shape index (κ2) is 21.4. The summed E-state index contributed by atoms with van der Waals surface area (Å²) in [5, 5.41) is 38.2. The van der Waals surface area contributed by atoms with E-state index in [1.54, 1.807) is 48.4 Å². The fraction of sp³-hybridized carbons (Fsp3) is 0.352. The van der Waals surface area contributed by atoms with E-state index in [-0.39, 0.29) is 62.2 Å². The van der Waals surface area contributed by atoms with Crippen molar-refractivity contribution in [3.05, 3.63) is 160 Å². The largest absolute Gasteiger partial charge is 0.496 e. The molecular formula is C54H57N3O11. The highest BCUT2D eigenvalue weighted by Gasteiger charge is 2.65. The fourth-order valence-corrected chi connectivity index (χ4v) is 10.4. The third-order valence-electron chi connectivity index (χ3n) is 13.5. The Morgan fingerprint density at radius 1 is 0.941 bits per heavy atom. The zero-order valence-corrected chi connectivity index (χ0v) is 38.3. The van der Waals surface area contributed by atoms with Crippen LogP contribution in [0.2, 0.25) is 0 Å². The number of unbranched alkanes of at least 4 members (excludes halogenated alkanes) is 2. The van der Waals surface area contributed by atoms with Crippen LogP contribution in [-0.4, -0.2) is 83.7 Å². The van der Waals surface area contributed by atoms with Crippen molar-refractivity contribution in [3.63, 3.8) is 0 Å². The Kier molecular flexibility index (Phi) is 15.0. The molecule has 1 saturated carbocycles. The number of likely N-dealkylation sites (N-methyl/N-ethyl adjacent to an activating group) is 1. The quantitative estimate of drug-likeness (QED) is 0.0235. The lowest BCUT2D eigenvalue weighted by atomic mass is 9.55. The van der Waals surface area contributed by atoms with Crippen molar-refractivity contribution >= 4 is 34.4 Å². The summed E-state index contributed by atoms with van der Waals surface area (Å²) in [7, 11) is 3.26. The number of hydrogen-bond donors (Lipinski definition) is 2. The van der Waals surface area contributed by atoms with Gasteiger partial charge in [0.15, 0.2) is 6.29 Å². The van der Waals surface area contributed by atoms with Gasteiger partial charge in [0.1, 0.15) is 35.6 Å². The van der Waals surface area contributed by atoms with E-state index in [0.29, 0.717) is 58.2 Å². The molecule has 0 radical (unpaired) electrons. The van der Waals surface area contributed by atoms with Crippen molar-refractivity contribution in [2.45, 2.75) is 69.3 Å². The number of carbonyl (C=O) groups excluding carboxylic acids is 2. The van der Waals surface area contributed by atoms with Gasteiger partial charge >= 0.3 is 0 Å². The number of carbonyl (C=O) groups is 2. The molecule has 0 aromatic heterocycles. The summed E-state index contributed by atoms with van der Waals surface area (Å²) in [6.45, 7) is 4.24. The molecule has 3 aliphatic rings. The lowest BCUT2D eigenvalue weighted by Gasteiger charge is -2.59. The standard InChI is InChI=1S/C54H57N3O11/c1-4-27-65-54-50(56(2)53(61)39-18-17-36-11-5-6-12-37(36)28-39)32-47(55-66-34-35-15-19-41(20-16-35)57(62)63)45-30-38(13-7-9-25-58)44(14-8-10-26-59)51(52(45)54)46-31-43(22-24-49(46)68-54)67-42-21-23-48(64-3)40(29-42)33-60/h4-6,11-12,15-24,28-31,33,38,44,50-52,58-59H,1,7-10,13-14,25-27,32,34H2,2-3H3/t38-,44+,50-,51+,52+,54+/m0/s1. The number of nitro groups is 1. The van der Waals surface area contributed by atoms with E-state index >= 15 is 0 Å². The Labute approximate surface area is 395 Å². The van der Waals surface area contributed by atoms with Crippen LogP contribution in [0, 0.1) is 27.9 Å². The Morgan fingerprint density at radius 3 is 2.40 bits per heavy atom. The maximum atomic E-state index is 15.0. The second-order valence-electron chi connectivity index (χ2n) is 17.6. The monoisotopic (exact) mass is 923 g/mol. The van der Waals surface area contributed by atoms with Crippen LogP contribution in [0.1, 0.15) is 82.7 Å². The van der Waals surface area contributed by atoms with Gasteiger partial charge in [-0.3, -0.25) is 19.7 Å². The summed E-state index contributed by atoms with van der Waals surface area (Å²) in [6.07, 6.45) is 9.03. The molecule has 0 spiro atoms. The average Bonchev–Trinajstić information content (AvgIpc) is 3.36. The van der Waals surface area contributed by atoms with E-state index in [4.69, 9.17) is 28.9 Å². The number of nitro benzene ring substituents is 1. The topological polar surface area (TPSA) is 179 Å². The van der Waals surface area contributed by atoms with E-state index in [1.165, 1.54) is 19.2 Å². The molecule has 14 nitrogen and oxygen atoms in total. The van der Waals surface area contributed by atoms with Gasteiger partial charge in [0.05, 0.1) is 35.8 Å². The Morgan fingerprint density at radius 2 is 1.68 bits per heavy atom. The smallest absolute Gasteiger partial charge is 0.269 e. The third-order valence-corrected chi connectivity index (χ3v) is 13.5. The molecule has 0 saturated heterocycles. The fourth-order valence-electron chi connectivity index (χ4n) is 10.4. The number of aldehydes is 1. The molecule has 1 aliphatic heterocycles. The summed E-state index contributed by atoms with van der Waals surface area (Å²) < 4.78 is 26.3. The van der Waals surface area contributed by atoms with E-state index in [1.807, 2.05) is 60.7 Å². The van der Waals surface area contributed by atoms with Gasteiger partial charge in [-0.25, -0.2) is 0 Å². The van der Waals surface area contributed by atoms with Crippen LogP contribution in [-0.2, 0) is 16.2 Å². The number of hydrogen-bond acceptors (Lipinski definition) is 12. The molecule has 0 bridgehead atoms. The number of benzene rings is 5. The van der Waals surface area contributed by atoms with Gasteiger partial charge in [-0.05, 0) is 120 Å². The Balaban J connectivity index is 1.30. The van der Waals surface area contributed by atoms with Gasteiger partial charge in [0, 0.05) is 55.9 Å². The van der Waals surface area contributed by atoms with Crippen LogP contribution < -0.4 is 14.2 Å². The highest BCUT2D eigenvalue weighted by Crippen LogP contribution is 2.62. The Bertz CT molecular complexity index is 2700. The van der Waals surface area contributed by atoms with Crippen molar-refractivity contribution < 1.29 is 48.5 Å². The molecule has 2 N–H and O–H groups in total. The SMILES string of the molecule is C=CCO[C@@]12Oc3ccc(Oc4ccc(OC)c(C=O)c4)cc3[C@H]3[C@H](CCCCO)[C@@H](CCCCO)C=C(C(=NOCc4ccc([N+](=O)[O-])cc4)C[C@@H]1N(C)C(=O)c1ccc4ccccc4c1)[C@H]32. The molecule has 6 atom stereocenters. The highest BCUT2D eigenvalue weighted by molar-refractivity contribution is 6.04. The molecule has 354 valence electrons. The second-order valence-corrected chi connectivity index (χ2v) is 17.6. The molecule has 14 heteroatoms. The third kappa shape index (κ3) is 9.75. The number of ether oxygens (including phenoxy) is 4. The van der Waals surface area contributed by atoms with Gasteiger partial charge < -0.3 is 38.9 Å². The van der Waals surface area contributed by atoms with Crippen molar-refractivity contribution in [2.24, 2.45) is 22.9 Å². The van der Waals surface area contributed by atoms with E-state index in [2.05, 4.69) is 12.7 Å². The van der Waals surface area contributed by atoms with E-state index in [0.717, 1.165) is 53.9 Å². The summed E-state index contributed by atoms with van der Waals surface area (Å²) in [4.78, 5) is 45.7. The number of methoxy groups -OCH3 is 1. The number of oxime groups is 1. The molecule has 0 unspecified atom stereocenters. The number of aliphatic hydroxyl groups excluding tert-OH is 2. The van der Waals surface area contributed by atoms with E-state index < -0.39 is 22.7 Å². The number of allylic oxidation sites excluding steroid dienone is 1. The first-order valence-electron chi connectivity index (χ1n) is 23.1. The maximum Gasteiger partial charge on any atom is 0.269 e. The maximum absolute atomic E-state index is 15.0. The van der Waals surface area contributed by atoms with Crippen LogP contribution >= 0.6 is 0 Å². The molecule has 2 aliphatic carbocycles. The predicted octanol–water partition coefficient (Wildman–Crippen LogP) is 9.97. The Hall–Kier alpha value is -6.87. The van der Waals surface area contributed by atoms with Crippen LogP contribution in [0.15, 0.2) is 133 Å². The lowest BCUT2D eigenvalue weighted by Crippen LogP contribution is -2.69. The first kappa shape index (κ1) is 47.6. The lowest BCUT2D eigenvalue weighted by molar-refractivity contribution is -0.384. The van der Waals surface area contributed by atoms with Crippen LogP contribution in [0.25, 0.3) is 10.8 Å². The summed E-state index contributed by atoms with van der Waals surface area (Å²) >= 11 is 0. The zero-order chi connectivity index (χ0) is 47.8. The molecule has 1 amide bonds. The van der Waals surface area contributed by atoms with Crippen LogP contribution in [0.5, 0.6) is 23.0 Å². The highest BCUT2D eigenvalue weighted by atomic mass is 16.7. The molecular weight excluding hydrogens is 867 g/mol. The number of rotatable bonds is 21. The minimum absolute atomic E-state index is 0.0192. The predicted molar refractivity (Wildman–Crippen MR) is 257 cm³/mol. The van der Waals surface area contributed by atoms with Gasteiger partial charge in [-0.15, -0.1) is 6.58 Å². The van der Waals surface area contributed by atoms with Crippen molar-refractivity contribution in [3.8, 4) is 23.0 Å². The number of amides is 1. The number of nitrogens with zero attached hydrogens (tertiary/aromatic N) is 3. The molecule has 1 heterocycles. The number of aliphatic hydroxyl groups is 2. The van der Waals surface area contributed by atoms with E-state index in [9.17, 15) is 29.9 Å². The van der Waals surface area contributed by atoms with Crippen molar-refractivity contribution in [1.82, 2.24) is 4.90 Å². The minimum Gasteiger partial charge on any atom is -0.496 e. The average molecular weight is 924 g/mol. The molecule has 68 heavy (non-hydrogen) atoms. The number of fused-ring (bicyclic) bond motifs is 3. The molecule has 1 fully saturated rings. The van der Waals surface area contributed by atoms with Crippen LogP contribution in [0.3, 0.4) is 0 Å². The van der Waals surface area contributed by atoms with Crippen LogP contribution in [0.4, 0.5) is 5.69 Å². The van der Waals surface area contributed by atoms with Gasteiger partial charge in [-0.1, -0.05) is 60.5 Å². The normalized spacial score (nSPS) is 22.0.